The van der Waals surface area contributed by atoms with Gasteiger partial charge < -0.3 is 15.2 Å². The maximum atomic E-state index is 9.82. The van der Waals surface area contributed by atoms with Gasteiger partial charge in [-0.25, -0.2) is 9.50 Å². The lowest BCUT2D eigenvalue weighted by Gasteiger charge is -2.25. The van der Waals surface area contributed by atoms with Crippen LogP contribution in [0.2, 0.25) is 0 Å². The number of aryl methyl sites for hydroxylation is 1. The van der Waals surface area contributed by atoms with Gasteiger partial charge in [-0.15, -0.1) is 10.2 Å². The van der Waals surface area contributed by atoms with Crippen LogP contribution < -0.4 is 5.32 Å². The fourth-order valence-electron chi connectivity index (χ4n) is 4.10. The summed E-state index contributed by atoms with van der Waals surface area (Å²) in [7, 11) is 3.54. The molecule has 0 amide bonds. The number of aliphatic hydroxyl groups excluding tert-OH is 1. The first-order valence-electron chi connectivity index (χ1n) is 10.2. The molecule has 0 spiro atoms. The molecule has 3 aromatic heterocycles. The summed E-state index contributed by atoms with van der Waals surface area (Å²) in [6, 6.07) is 2.26. The zero-order chi connectivity index (χ0) is 20.4. The maximum Gasteiger partial charge on any atom is 0.241 e. The minimum absolute atomic E-state index is 0.107. The number of anilines is 1. The van der Waals surface area contributed by atoms with Crippen molar-refractivity contribution in [3.63, 3.8) is 0 Å². The summed E-state index contributed by atoms with van der Waals surface area (Å²) in [6.07, 6.45) is 8.34. The second-order valence-corrected chi connectivity index (χ2v) is 8.09. The van der Waals surface area contributed by atoms with E-state index < -0.39 is 0 Å². The molecule has 3 aromatic rings. The number of hydrogen-bond acceptors (Lipinski definition) is 7. The summed E-state index contributed by atoms with van der Waals surface area (Å²) in [5.41, 5.74) is 3.85. The van der Waals surface area contributed by atoms with Crippen LogP contribution in [0.1, 0.15) is 38.3 Å². The maximum absolute atomic E-state index is 9.82. The highest BCUT2D eigenvalue weighted by Crippen LogP contribution is 2.31. The third-order valence-corrected chi connectivity index (χ3v) is 5.58. The van der Waals surface area contributed by atoms with E-state index in [4.69, 9.17) is 9.84 Å². The van der Waals surface area contributed by atoms with E-state index in [1.54, 1.807) is 11.8 Å². The molecule has 0 bridgehead atoms. The number of methoxy groups -OCH3 is 1. The molecule has 9 heteroatoms. The lowest BCUT2D eigenvalue weighted by Crippen LogP contribution is -2.23. The molecule has 0 aliphatic heterocycles. The molecule has 156 valence electrons. The Bertz CT molecular complexity index is 959. The van der Waals surface area contributed by atoms with Crippen molar-refractivity contribution >= 4 is 11.5 Å². The van der Waals surface area contributed by atoms with E-state index in [9.17, 15) is 5.11 Å². The van der Waals surface area contributed by atoms with E-state index in [2.05, 4.69) is 26.7 Å². The Hall–Kier alpha value is -2.52. The molecule has 3 heterocycles. The van der Waals surface area contributed by atoms with E-state index in [1.165, 1.54) is 0 Å². The van der Waals surface area contributed by atoms with Gasteiger partial charge in [0.1, 0.15) is 5.69 Å². The van der Waals surface area contributed by atoms with Crippen molar-refractivity contribution in [3.05, 3.63) is 24.2 Å². The first kappa shape index (κ1) is 19.8. The predicted octanol–water partition coefficient (Wildman–Crippen LogP) is 2.07. The van der Waals surface area contributed by atoms with Gasteiger partial charge in [-0.05, 0) is 51.0 Å². The van der Waals surface area contributed by atoms with Crippen molar-refractivity contribution in [3.8, 4) is 11.3 Å². The van der Waals surface area contributed by atoms with Crippen LogP contribution in [0, 0.1) is 5.92 Å². The molecule has 4 rings (SSSR count). The standard InChI is InChI=1S/C20H29N7O2/c1-13(12-29-3)22-20-21-10-19-17(18-11-26(2)25-23-18)9-15(27(19)24-20)8-14-4-6-16(28)7-5-14/h9-11,13-14,16,28H,4-8,12H2,1-3H3,(H,22,24)/t13-,14-,16-/m0/s1. The molecule has 0 aromatic carbocycles. The van der Waals surface area contributed by atoms with E-state index in [1.807, 2.05) is 30.9 Å². The van der Waals surface area contributed by atoms with Gasteiger partial charge in [0.25, 0.3) is 0 Å². The molecule has 1 saturated carbocycles. The van der Waals surface area contributed by atoms with Crippen LogP contribution >= 0.6 is 0 Å². The zero-order valence-corrected chi connectivity index (χ0v) is 17.2. The Balaban J connectivity index is 1.68. The van der Waals surface area contributed by atoms with Crippen molar-refractivity contribution in [1.82, 2.24) is 29.6 Å². The van der Waals surface area contributed by atoms with Crippen molar-refractivity contribution < 1.29 is 9.84 Å². The quantitative estimate of drug-likeness (QED) is 0.627. The van der Waals surface area contributed by atoms with Crippen molar-refractivity contribution in [2.45, 2.75) is 51.2 Å². The highest BCUT2D eigenvalue weighted by Gasteiger charge is 2.23. The van der Waals surface area contributed by atoms with E-state index in [0.29, 0.717) is 18.5 Å². The van der Waals surface area contributed by atoms with Gasteiger partial charge >= 0.3 is 0 Å². The van der Waals surface area contributed by atoms with Crippen LogP contribution in [0.25, 0.3) is 16.8 Å². The summed E-state index contributed by atoms with van der Waals surface area (Å²) in [4.78, 5) is 4.51. The van der Waals surface area contributed by atoms with Gasteiger partial charge in [0.2, 0.25) is 5.95 Å². The second-order valence-electron chi connectivity index (χ2n) is 8.09. The number of nitrogens with one attached hydrogen (secondary N) is 1. The molecule has 1 fully saturated rings. The largest absolute Gasteiger partial charge is 0.393 e. The Kier molecular flexibility index (Phi) is 5.77. The smallest absolute Gasteiger partial charge is 0.241 e. The highest BCUT2D eigenvalue weighted by molar-refractivity contribution is 5.78. The summed E-state index contributed by atoms with van der Waals surface area (Å²) in [5.74, 6) is 1.12. The normalized spacial score (nSPS) is 20.8. The molecule has 1 atom stereocenters. The van der Waals surface area contributed by atoms with Gasteiger partial charge in [0, 0.05) is 31.5 Å². The van der Waals surface area contributed by atoms with Gasteiger partial charge in [-0.3, -0.25) is 4.68 Å². The molecule has 0 saturated heterocycles. The van der Waals surface area contributed by atoms with Crippen LogP contribution in [0.5, 0.6) is 0 Å². The number of hydrogen-bond donors (Lipinski definition) is 2. The van der Waals surface area contributed by atoms with Crippen molar-refractivity contribution in [1.29, 1.82) is 0 Å². The highest BCUT2D eigenvalue weighted by atomic mass is 16.5. The van der Waals surface area contributed by atoms with Crippen LogP contribution in [-0.2, 0) is 18.2 Å². The fraction of sp³-hybridized carbons (Fsp3) is 0.600. The van der Waals surface area contributed by atoms with Crippen LogP contribution in [-0.4, -0.2) is 60.6 Å². The van der Waals surface area contributed by atoms with Crippen molar-refractivity contribution in [2.75, 3.05) is 19.0 Å². The third-order valence-electron chi connectivity index (χ3n) is 5.58. The average Bonchev–Trinajstić information content (AvgIpc) is 3.27. The molecule has 2 N–H and O–H groups in total. The number of fused-ring (bicyclic) bond motifs is 1. The molecular formula is C20H29N7O2. The summed E-state index contributed by atoms with van der Waals surface area (Å²) >= 11 is 0. The fourth-order valence-corrected chi connectivity index (χ4v) is 4.10. The number of rotatable bonds is 7. The minimum atomic E-state index is -0.147. The van der Waals surface area contributed by atoms with Gasteiger partial charge in [0.05, 0.1) is 30.6 Å². The van der Waals surface area contributed by atoms with E-state index in [-0.39, 0.29) is 12.1 Å². The minimum Gasteiger partial charge on any atom is -0.393 e. The average molecular weight is 399 g/mol. The molecule has 9 nitrogen and oxygen atoms in total. The van der Waals surface area contributed by atoms with Crippen LogP contribution in [0.3, 0.4) is 0 Å². The third kappa shape index (κ3) is 4.40. The molecule has 29 heavy (non-hydrogen) atoms. The SMILES string of the molecule is COC[C@H](C)Nc1ncc2c(-c3cn(C)nn3)cc(C[C@H]3CC[C@H](O)CC3)n2n1. The molecule has 0 radical (unpaired) electrons. The first-order chi connectivity index (χ1) is 14.0. The lowest BCUT2D eigenvalue weighted by molar-refractivity contribution is 0.108. The van der Waals surface area contributed by atoms with E-state index in [0.717, 1.165) is 54.6 Å². The number of nitrogens with zero attached hydrogens (tertiary/aromatic N) is 6. The Morgan fingerprint density at radius 1 is 1.31 bits per heavy atom. The number of ether oxygens (including phenoxy) is 1. The topological polar surface area (TPSA) is 102 Å². The number of aliphatic hydroxyl groups is 1. The lowest BCUT2D eigenvalue weighted by atomic mass is 9.84. The Labute approximate surface area is 170 Å². The Morgan fingerprint density at radius 2 is 2.10 bits per heavy atom. The van der Waals surface area contributed by atoms with Gasteiger partial charge in [-0.2, -0.15) is 0 Å². The summed E-state index contributed by atoms with van der Waals surface area (Å²) in [5, 5.41) is 26.2. The van der Waals surface area contributed by atoms with Crippen LogP contribution in [0.4, 0.5) is 5.95 Å². The summed E-state index contributed by atoms with van der Waals surface area (Å²) < 4.78 is 8.87. The second kappa shape index (κ2) is 8.46. The van der Waals surface area contributed by atoms with Crippen LogP contribution in [0.15, 0.2) is 18.5 Å². The molecular weight excluding hydrogens is 370 g/mol. The monoisotopic (exact) mass is 399 g/mol. The number of aromatic nitrogens is 6. The Morgan fingerprint density at radius 3 is 2.79 bits per heavy atom. The molecule has 0 unspecified atom stereocenters. The van der Waals surface area contributed by atoms with Crippen molar-refractivity contribution in [2.24, 2.45) is 13.0 Å². The molecule has 1 aliphatic rings. The van der Waals surface area contributed by atoms with Gasteiger partial charge in [-0.1, -0.05) is 5.21 Å². The molecule has 1 aliphatic carbocycles. The zero-order valence-electron chi connectivity index (χ0n) is 17.2. The first-order valence-corrected chi connectivity index (χ1v) is 10.2. The van der Waals surface area contributed by atoms with E-state index >= 15 is 0 Å². The summed E-state index contributed by atoms with van der Waals surface area (Å²) in [6.45, 7) is 2.61. The predicted molar refractivity (Wildman–Crippen MR) is 110 cm³/mol. The van der Waals surface area contributed by atoms with Gasteiger partial charge in [0.15, 0.2) is 0 Å².